The predicted octanol–water partition coefficient (Wildman–Crippen LogP) is 0.230. The van der Waals surface area contributed by atoms with Gasteiger partial charge in [0.1, 0.15) is 24.1 Å². The predicted molar refractivity (Wildman–Crippen MR) is 83.2 cm³/mol. The summed E-state index contributed by atoms with van der Waals surface area (Å²) in [5, 5.41) is 10.2. The van der Waals surface area contributed by atoms with Crippen molar-refractivity contribution in [1.29, 1.82) is 0 Å². The molecule has 0 radical (unpaired) electrons. The molecule has 134 valence electrons. The van der Waals surface area contributed by atoms with Gasteiger partial charge in [0.15, 0.2) is 12.4 Å². The van der Waals surface area contributed by atoms with Crippen molar-refractivity contribution in [3.05, 3.63) is 22.7 Å². The first-order valence-corrected chi connectivity index (χ1v) is 7.82. The molecule has 8 nitrogen and oxygen atoms in total. The molecule has 0 aliphatic carbocycles. The Labute approximate surface area is 142 Å². The van der Waals surface area contributed by atoms with Crippen LogP contribution in [0.3, 0.4) is 0 Å². The molecule has 1 aliphatic heterocycles. The van der Waals surface area contributed by atoms with Crippen LogP contribution in [0.5, 0.6) is 0 Å². The van der Waals surface area contributed by atoms with Crippen molar-refractivity contribution in [2.24, 2.45) is 5.92 Å². The van der Waals surface area contributed by atoms with Gasteiger partial charge in [-0.05, 0) is 6.07 Å². The number of esters is 1. The number of nitrogen functional groups attached to an aromatic ring is 1. The zero-order chi connectivity index (χ0) is 18.1. The fourth-order valence-electron chi connectivity index (χ4n) is 2.28. The topological polar surface area (TPSA) is 117 Å². The van der Waals surface area contributed by atoms with E-state index in [9.17, 15) is 19.1 Å². The van der Waals surface area contributed by atoms with Crippen LogP contribution >= 0.6 is 11.6 Å². The van der Waals surface area contributed by atoms with Crippen LogP contribution in [0.4, 0.5) is 10.2 Å². The summed E-state index contributed by atoms with van der Waals surface area (Å²) >= 11 is 5.84. The highest BCUT2D eigenvalue weighted by Gasteiger charge is 2.56. The minimum absolute atomic E-state index is 0.0281. The summed E-state index contributed by atoms with van der Waals surface area (Å²) in [7, 11) is 0. The average molecular weight is 364 g/mol. The van der Waals surface area contributed by atoms with E-state index in [2.05, 4.69) is 4.98 Å². The van der Waals surface area contributed by atoms with Gasteiger partial charge in [0.2, 0.25) is 0 Å². The van der Waals surface area contributed by atoms with Gasteiger partial charge in [-0.25, -0.2) is 9.18 Å². The van der Waals surface area contributed by atoms with Gasteiger partial charge in [-0.15, -0.1) is 11.6 Å². The number of carbonyl (C=O) groups is 1. The van der Waals surface area contributed by atoms with Gasteiger partial charge in [0, 0.05) is 6.20 Å². The van der Waals surface area contributed by atoms with Crippen LogP contribution in [0.15, 0.2) is 17.1 Å². The van der Waals surface area contributed by atoms with E-state index < -0.39 is 48.3 Å². The molecule has 1 fully saturated rings. The number of hydrogen-bond donors (Lipinski definition) is 2. The normalized spacial score (nSPS) is 29.8. The third-order valence-corrected chi connectivity index (χ3v) is 4.20. The number of anilines is 1. The van der Waals surface area contributed by atoms with E-state index in [0.29, 0.717) is 0 Å². The number of carbonyl (C=O) groups excluding carboxylic acids is 1. The quantitative estimate of drug-likeness (QED) is 0.568. The molecule has 10 heteroatoms. The van der Waals surface area contributed by atoms with Gasteiger partial charge in [-0.2, -0.15) is 4.98 Å². The molecule has 0 saturated carbocycles. The number of aromatic nitrogens is 2. The summed E-state index contributed by atoms with van der Waals surface area (Å²) < 4.78 is 25.9. The summed E-state index contributed by atoms with van der Waals surface area (Å²) in [6, 6.07) is 1.29. The van der Waals surface area contributed by atoms with Crippen LogP contribution < -0.4 is 11.4 Å². The molecule has 2 rings (SSSR count). The first kappa shape index (κ1) is 18.6. The zero-order valence-electron chi connectivity index (χ0n) is 13.2. The largest absolute Gasteiger partial charge is 0.462 e. The molecular formula is C14H19ClFN3O5. The Morgan fingerprint density at radius 1 is 1.67 bits per heavy atom. The third-order valence-electron chi connectivity index (χ3n) is 3.75. The molecule has 3 N–H and O–H groups in total. The minimum Gasteiger partial charge on any atom is -0.462 e. The van der Waals surface area contributed by atoms with E-state index in [1.807, 2.05) is 0 Å². The summed E-state index contributed by atoms with van der Waals surface area (Å²) in [5.41, 5.74) is 2.89. The van der Waals surface area contributed by atoms with Crippen LogP contribution in [0.1, 0.15) is 20.1 Å². The van der Waals surface area contributed by atoms with Gasteiger partial charge in [-0.1, -0.05) is 13.8 Å². The molecule has 1 aromatic heterocycles. The summed E-state index contributed by atoms with van der Waals surface area (Å²) in [6.45, 7) is 2.81. The van der Waals surface area contributed by atoms with E-state index in [1.165, 1.54) is 12.3 Å². The fourth-order valence-corrected chi connectivity index (χ4v) is 2.58. The summed E-state index contributed by atoms with van der Waals surface area (Å²) in [4.78, 5) is 27.0. The monoisotopic (exact) mass is 363 g/mol. The van der Waals surface area contributed by atoms with Crippen molar-refractivity contribution >= 4 is 23.4 Å². The van der Waals surface area contributed by atoms with Crippen molar-refractivity contribution in [1.82, 2.24) is 9.55 Å². The number of ether oxygens (including phenoxy) is 2. The molecule has 1 aliphatic rings. The lowest BCUT2D eigenvalue weighted by Crippen LogP contribution is -2.48. The highest BCUT2D eigenvalue weighted by Crippen LogP contribution is 2.39. The SMILES string of the molecule is CC(C)C(=O)OCC1(CCl)OC(n2ccc(N)nc2=O)C(F)C1O. The van der Waals surface area contributed by atoms with E-state index in [4.69, 9.17) is 26.8 Å². The van der Waals surface area contributed by atoms with Crippen LogP contribution in [-0.2, 0) is 14.3 Å². The number of aliphatic hydroxyl groups is 1. The molecule has 4 unspecified atom stereocenters. The Hall–Kier alpha value is -1.71. The molecule has 0 amide bonds. The molecular weight excluding hydrogens is 345 g/mol. The Bertz CT molecular complexity index is 670. The highest BCUT2D eigenvalue weighted by molar-refractivity contribution is 6.18. The number of halogens is 2. The smallest absolute Gasteiger partial charge is 0.351 e. The Balaban J connectivity index is 2.26. The first-order valence-electron chi connectivity index (χ1n) is 7.29. The highest BCUT2D eigenvalue weighted by atomic mass is 35.5. The molecule has 1 aromatic rings. The van der Waals surface area contributed by atoms with Crippen molar-refractivity contribution in [3.63, 3.8) is 0 Å². The number of nitrogens with two attached hydrogens (primary N) is 1. The molecule has 2 heterocycles. The first-order chi connectivity index (χ1) is 11.2. The molecule has 0 aromatic carbocycles. The minimum atomic E-state index is -1.97. The molecule has 4 atom stereocenters. The number of alkyl halides is 2. The molecule has 0 bridgehead atoms. The maximum Gasteiger partial charge on any atom is 0.351 e. The third kappa shape index (κ3) is 3.38. The van der Waals surface area contributed by atoms with Crippen LogP contribution in [0.2, 0.25) is 0 Å². The van der Waals surface area contributed by atoms with Gasteiger partial charge in [0.25, 0.3) is 0 Å². The van der Waals surface area contributed by atoms with Gasteiger partial charge in [0.05, 0.1) is 11.8 Å². The van der Waals surface area contributed by atoms with Crippen LogP contribution in [-0.4, -0.2) is 51.0 Å². The molecule has 1 saturated heterocycles. The maximum absolute atomic E-state index is 14.5. The Kier molecular flexibility index (Phi) is 5.46. The fraction of sp³-hybridized carbons (Fsp3) is 0.643. The number of hydrogen-bond acceptors (Lipinski definition) is 7. The second-order valence-corrected chi connectivity index (χ2v) is 6.17. The van der Waals surface area contributed by atoms with Crippen molar-refractivity contribution in [3.8, 4) is 0 Å². The Morgan fingerprint density at radius 2 is 2.33 bits per heavy atom. The van der Waals surface area contributed by atoms with E-state index in [0.717, 1.165) is 4.57 Å². The summed E-state index contributed by atoms with van der Waals surface area (Å²) in [6.07, 6.45) is -3.91. The second kappa shape index (κ2) is 7.04. The van der Waals surface area contributed by atoms with Gasteiger partial charge < -0.3 is 20.3 Å². The lowest BCUT2D eigenvalue weighted by atomic mass is 9.99. The number of nitrogens with zero attached hydrogens (tertiary/aromatic N) is 2. The number of rotatable bonds is 5. The maximum atomic E-state index is 14.5. The van der Waals surface area contributed by atoms with Crippen molar-refractivity contribution in [2.75, 3.05) is 18.2 Å². The molecule has 0 spiro atoms. The van der Waals surface area contributed by atoms with Gasteiger partial charge >= 0.3 is 11.7 Å². The van der Waals surface area contributed by atoms with E-state index in [-0.39, 0.29) is 11.7 Å². The lowest BCUT2D eigenvalue weighted by molar-refractivity contribution is -0.165. The standard InChI is InChI=1S/C14H19ClFN3O5/c1-7(2)12(21)23-6-14(5-15)10(20)9(16)11(24-14)19-4-3-8(17)18-13(19)22/h3-4,7,9-11,20H,5-6H2,1-2H3,(H2,17,18,22). The van der Waals surface area contributed by atoms with Crippen LogP contribution in [0, 0.1) is 5.92 Å². The average Bonchev–Trinajstić information content (AvgIpc) is 2.78. The lowest BCUT2D eigenvalue weighted by Gasteiger charge is -2.29. The van der Waals surface area contributed by atoms with Gasteiger partial charge in [-0.3, -0.25) is 9.36 Å². The number of aliphatic hydroxyl groups excluding tert-OH is 1. The van der Waals surface area contributed by atoms with E-state index in [1.54, 1.807) is 13.8 Å². The van der Waals surface area contributed by atoms with Crippen molar-refractivity contribution < 1.29 is 23.8 Å². The molecule has 24 heavy (non-hydrogen) atoms. The van der Waals surface area contributed by atoms with Crippen LogP contribution in [0.25, 0.3) is 0 Å². The Morgan fingerprint density at radius 3 is 2.88 bits per heavy atom. The second-order valence-electron chi connectivity index (χ2n) is 5.90. The summed E-state index contributed by atoms with van der Waals surface area (Å²) in [5.74, 6) is -1.31. The zero-order valence-corrected chi connectivity index (χ0v) is 13.9. The van der Waals surface area contributed by atoms with Crippen molar-refractivity contribution in [2.45, 2.75) is 38.0 Å². The van der Waals surface area contributed by atoms with E-state index >= 15 is 0 Å².